The highest BCUT2D eigenvalue weighted by atomic mass is 16.5. The van der Waals surface area contributed by atoms with Crippen LogP contribution in [-0.4, -0.2) is 30.0 Å². The second-order valence-electron chi connectivity index (χ2n) is 5.01. The lowest BCUT2D eigenvalue weighted by molar-refractivity contribution is -0.168. The van der Waals surface area contributed by atoms with Gasteiger partial charge in [0, 0.05) is 11.0 Å². The summed E-state index contributed by atoms with van der Waals surface area (Å²) in [6, 6.07) is 0. The third-order valence-corrected chi connectivity index (χ3v) is 4.34. The molecule has 1 saturated heterocycles. The molecule has 82 valence electrons. The van der Waals surface area contributed by atoms with Crippen molar-refractivity contribution >= 4 is 0 Å². The average Bonchev–Trinajstić information content (AvgIpc) is 2.10. The molecular weight excluding hydrogens is 178 g/mol. The molecule has 3 heteroatoms. The monoisotopic (exact) mass is 199 g/mol. The van der Waals surface area contributed by atoms with E-state index in [2.05, 4.69) is 6.92 Å². The van der Waals surface area contributed by atoms with Crippen LogP contribution >= 0.6 is 0 Å². The molecule has 14 heavy (non-hydrogen) atoms. The van der Waals surface area contributed by atoms with Crippen LogP contribution in [0.4, 0.5) is 0 Å². The highest BCUT2D eigenvalue weighted by Gasteiger charge is 2.53. The first kappa shape index (κ1) is 10.4. The van der Waals surface area contributed by atoms with Crippen LogP contribution in [0.1, 0.15) is 39.0 Å². The molecule has 0 aromatic carbocycles. The van der Waals surface area contributed by atoms with Crippen LogP contribution in [0.15, 0.2) is 0 Å². The number of ether oxygens (including phenoxy) is 1. The normalized spacial score (nSPS) is 41.8. The van der Waals surface area contributed by atoms with Gasteiger partial charge < -0.3 is 15.6 Å². The summed E-state index contributed by atoms with van der Waals surface area (Å²) in [7, 11) is 0. The van der Waals surface area contributed by atoms with Crippen molar-refractivity contribution in [3.63, 3.8) is 0 Å². The molecular formula is C11H21NO2. The summed E-state index contributed by atoms with van der Waals surface area (Å²) in [6.07, 6.45) is 4.59. The Morgan fingerprint density at radius 2 is 1.93 bits per heavy atom. The second kappa shape index (κ2) is 3.47. The average molecular weight is 199 g/mol. The number of nitrogens with two attached hydrogens (primary N) is 1. The molecule has 2 aliphatic rings. The van der Waals surface area contributed by atoms with E-state index in [4.69, 9.17) is 10.5 Å². The fourth-order valence-electron chi connectivity index (χ4n) is 2.84. The molecule has 3 N–H and O–H groups in total. The number of rotatable bonds is 2. The summed E-state index contributed by atoms with van der Waals surface area (Å²) in [5, 5.41) is 9.48. The minimum Gasteiger partial charge on any atom is -0.393 e. The summed E-state index contributed by atoms with van der Waals surface area (Å²) < 4.78 is 5.33. The van der Waals surface area contributed by atoms with Gasteiger partial charge in [-0.1, -0.05) is 6.92 Å². The molecule has 0 spiro atoms. The summed E-state index contributed by atoms with van der Waals surface area (Å²) >= 11 is 0. The molecule has 0 radical (unpaired) electrons. The van der Waals surface area contributed by atoms with Crippen molar-refractivity contribution < 1.29 is 9.84 Å². The van der Waals surface area contributed by atoms with Crippen LogP contribution in [0, 0.1) is 5.41 Å². The van der Waals surface area contributed by atoms with Gasteiger partial charge in [0.2, 0.25) is 0 Å². The van der Waals surface area contributed by atoms with Gasteiger partial charge in [0.25, 0.3) is 0 Å². The largest absolute Gasteiger partial charge is 0.393 e. The Labute approximate surface area is 85.6 Å². The maximum atomic E-state index is 9.48. The van der Waals surface area contributed by atoms with Crippen LogP contribution in [0.3, 0.4) is 0 Å². The third-order valence-electron chi connectivity index (χ3n) is 4.34. The molecule has 0 aromatic rings. The molecule has 1 heterocycles. The van der Waals surface area contributed by atoms with Gasteiger partial charge >= 0.3 is 0 Å². The van der Waals surface area contributed by atoms with Crippen molar-refractivity contribution in [3.8, 4) is 0 Å². The smallest absolute Gasteiger partial charge is 0.0562 e. The van der Waals surface area contributed by atoms with Crippen LogP contribution < -0.4 is 5.73 Å². The highest BCUT2D eigenvalue weighted by Crippen LogP contribution is 2.47. The van der Waals surface area contributed by atoms with E-state index in [0.717, 1.165) is 45.3 Å². The minimum atomic E-state index is -0.124. The summed E-state index contributed by atoms with van der Waals surface area (Å²) in [5.41, 5.74) is 6.60. The van der Waals surface area contributed by atoms with E-state index < -0.39 is 0 Å². The Balaban J connectivity index is 2.07. The molecule has 0 aromatic heterocycles. The summed E-state index contributed by atoms with van der Waals surface area (Å²) in [4.78, 5) is 0. The van der Waals surface area contributed by atoms with E-state index in [1.165, 1.54) is 0 Å². The predicted molar refractivity (Wildman–Crippen MR) is 54.9 cm³/mol. The lowest BCUT2D eigenvalue weighted by Crippen LogP contribution is -2.65. The zero-order chi connectivity index (χ0) is 10.2. The predicted octanol–water partition coefficient (Wildman–Crippen LogP) is 1.05. The lowest BCUT2D eigenvalue weighted by atomic mass is 9.60. The lowest BCUT2D eigenvalue weighted by Gasteiger charge is -2.55. The van der Waals surface area contributed by atoms with Gasteiger partial charge in [-0.05, 0) is 32.1 Å². The Morgan fingerprint density at radius 1 is 1.36 bits per heavy atom. The summed E-state index contributed by atoms with van der Waals surface area (Å²) in [5.74, 6) is 0. The van der Waals surface area contributed by atoms with Crippen molar-refractivity contribution in [2.45, 2.75) is 50.7 Å². The van der Waals surface area contributed by atoms with Gasteiger partial charge in [0.05, 0.1) is 19.3 Å². The van der Waals surface area contributed by atoms with Gasteiger partial charge in [-0.15, -0.1) is 0 Å². The first-order chi connectivity index (χ1) is 6.62. The Morgan fingerprint density at radius 3 is 2.29 bits per heavy atom. The molecule has 0 unspecified atom stereocenters. The molecule has 3 nitrogen and oxygen atoms in total. The Kier molecular flexibility index (Phi) is 2.58. The van der Waals surface area contributed by atoms with Gasteiger partial charge in [-0.3, -0.25) is 0 Å². The van der Waals surface area contributed by atoms with Crippen LogP contribution in [0.25, 0.3) is 0 Å². The topological polar surface area (TPSA) is 55.5 Å². The number of hydrogen-bond acceptors (Lipinski definition) is 3. The highest BCUT2D eigenvalue weighted by molar-refractivity contribution is 5.07. The molecule has 1 saturated carbocycles. The maximum absolute atomic E-state index is 9.48. The van der Waals surface area contributed by atoms with E-state index in [1.807, 2.05) is 0 Å². The maximum Gasteiger partial charge on any atom is 0.0562 e. The zero-order valence-corrected chi connectivity index (χ0v) is 8.96. The molecule has 2 rings (SSSR count). The molecule has 0 atom stereocenters. The van der Waals surface area contributed by atoms with Gasteiger partial charge in [0.15, 0.2) is 0 Å². The van der Waals surface area contributed by atoms with Gasteiger partial charge in [-0.25, -0.2) is 0 Å². The molecule has 1 aliphatic carbocycles. The van der Waals surface area contributed by atoms with Crippen molar-refractivity contribution in [1.29, 1.82) is 0 Å². The van der Waals surface area contributed by atoms with E-state index in [1.54, 1.807) is 0 Å². The van der Waals surface area contributed by atoms with Crippen molar-refractivity contribution in [3.05, 3.63) is 0 Å². The fourth-order valence-corrected chi connectivity index (χ4v) is 2.84. The fraction of sp³-hybridized carbons (Fsp3) is 1.00. The van der Waals surface area contributed by atoms with Crippen molar-refractivity contribution in [1.82, 2.24) is 0 Å². The van der Waals surface area contributed by atoms with E-state index in [0.29, 0.717) is 0 Å². The van der Waals surface area contributed by atoms with Crippen LogP contribution in [0.5, 0.6) is 0 Å². The van der Waals surface area contributed by atoms with E-state index in [9.17, 15) is 5.11 Å². The third kappa shape index (κ3) is 1.38. The van der Waals surface area contributed by atoms with Crippen molar-refractivity contribution in [2.24, 2.45) is 11.1 Å². The Bertz CT molecular complexity index is 200. The minimum absolute atomic E-state index is 0.0841. The molecule has 0 bridgehead atoms. The number of hydrogen-bond donors (Lipinski definition) is 2. The second-order valence-corrected chi connectivity index (χ2v) is 5.01. The molecule has 1 aliphatic heterocycles. The van der Waals surface area contributed by atoms with E-state index >= 15 is 0 Å². The first-order valence-electron chi connectivity index (χ1n) is 5.67. The van der Waals surface area contributed by atoms with Gasteiger partial charge in [0.1, 0.15) is 0 Å². The van der Waals surface area contributed by atoms with Crippen LogP contribution in [-0.2, 0) is 4.74 Å². The molecule has 2 fully saturated rings. The number of aliphatic hydroxyl groups excluding tert-OH is 1. The molecule has 0 amide bonds. The zero-order valence-electron chi connectivity index (χ0n) is 8.96. The van der Waals surface area contributed by atoms with E-state index in [-0.39, 0.29) is 17.1 Å². The van der Waals surface area contributed by atoms with Crippen LogP contribution in [0.2, 0.25) is 0 Å². The SMILES string of the molecule is CCC1(C2(N)CCC(O)CC2)COC1. The summed E-state index contributed by atoms with van der Waals surface area (Å²) in [6.45, 7) is 3.83. The number of aliphatic hydroxyl groups is 1. The Hall–Kier alpha value is -0.120. The first-order valence-corrected chi connectivity index (χ1v) is 5.67. The quantitative estimate of drug-likeness (QED) is 0.699. The standard InChI is InChI=1S/C11H21NO2/c1-2-10(7-14-8-10)11(12)5-3-9(13)4-6-11/h9,13H,2-8,12H2,1H3. The van der Waals surface area contributed by atoms with Gasteiger partial charge in [-0.2, -0.15) is 0 Å². The van der Waals surface area contributed by atoms with Crippen molar-refractivity contribution in [2.75, 3.05) is 13.2 Å².